The molecule has 1 unspecified atom stereocenters. The van der Waals surface area contributed by atoms with Crippen LogP contribution in [-0.4, -0.2) is 53.2 Å². The summed E-state index contributed by atoms with van der Waals surface area (Å²) >= 11 is 0. The van der Waals surface area contributed by atoms with Crippen LogP contribution in [0.1, 0.15) is 23.8 Å². The fourth-order valence-electron chi connectivity index (χ4n) is 3.78. The fourth-order valence-corrected chi connectivity index (χ4v) is 3.78. The maximum absolute atomic E-state index is 9.30. The van der Waals surface area contributed by atoms with Crippen LogP contribution in [0.3, 0.4) is 0 Å². The van der Waals surface area contributed by atoms with Crippen LogP contribution in [0.5, 0.6) is 0 Å². The predicted octanol–water partition coefficient (Wildman–Crippen LogP) is 0.364. The number of anilines is 1. The van der Waals surface area contributed by atoms with E-state index in [0.717, 1.165) is 24.6 Å². The van der Waals surface area contributed by atoms with E-state index >= 15 is 0 Å². The maximum Gasteiger partial charge on any atom is 0.183 e. The lowest BCUT2D eigenvalue weighted by molar-refractivity contribution is -0.0759. The van der Waals surface area contributed by atoms with E-state index in [-0.39, 0.29) is 5.60 Å². The molecule has 0 aliphatic carbocycles. The molecule has 5 rings (SSSR count). The second-order valence-electron chi connectivity index (χ2n) is 6.81. The maximum atomic E-state index is 9.30. The zero-order valence-corrected chi connectivity index (χ0v) is 14.6. The van der Waals surface area contributed by atoms with Crippen molar-refractivity contribution in [2.75, 3.05) is 18.0 Å². The van der Waals surface area contributed by atoms with Crippen molar-refractivity contribution < 1.29 is 4.74 Å². The Morgan fingerprint density at radius 1 is 1.19 bits per heavy atom. The van der Waals surface area contributed by atoms with Crippen molar-refractivity contribution in [3.05, 3.63) is 48.2 Å². The van der Waals surface area contributed by atoms with Crippen LogP contribution in [0.4, 0.5) is 5.82 Å². The second kappa shape index (κ2) is 6.14. The molecule has 0 N–H and O–H groups in total. The van der Waals surface area contributed by atoms with Crippen LogP contribution < -0.4 is 4.90 Å². The van der Waals surface area contributed by atoms with Gasteiger partial charge in [-0.2, -0.15) is 10.4 Å². The number of nitriles is 1. The molecule has 1 fully saturated rings. The van der Waals surface area contributed by atoms with Crippen molar-refractivity contribution in [2.24, 2.45) is 0 Å². The molecular weight excluding hydrogens is 346 g/mol. The molecule has 1 saturated heterocycles. The Morgan fingerprint density at radius 2 is 2.11 bits per heavy atom. The lowest BCUT2D eigenvalue weighted by Crippen LogP contribution is -2.44. The Bertz CT molecular complexity index is 1010. The third-order valence-corrected chi connectivity index (χ3v) is 5.12. The summed E-state index contributed by atoms with van der Waals surface area (Å²) in [4.78, 5) is 10.5. The summed E-state index contributed by atoms with van der Waals surface area (Å²) in [5, 5.41) is 22.1. The predicted molar refractivity (Wildman–Crippen MR) is 92.4 cm³/mol. The molecule has 0 radical (unpaired) electrons. The Morgan fingerprint density at radius 3 is 2.96 bits per heavy atom. The zero-order chi connectivity index (χ0) is 18.3. The van der Waals surface area contributed by atoms with Gasteiger partial charge in [0.1, 0.15) is 24.8 Å². The number of hydrogen-bond acceptors (Lipinski definition) is 8. The Kier molecular flexibility index (Phi) is 3.61. The molecule has 3 aromatic heterocycles. The van der Waals surface area contributed by atoms with Gasteiger partial charge in [-0.1, -0.05) is 0 Å². The summed E-state index contributed by atoms with van der Waals surface area (Å²) in [6.45, 7) is 3.08. The van der Waals surface area contributed by atoms with Gasteiger partial charge in [-0.3, -0.25) is 4.68 Å². The summed E-state index contributed by atoms with van der Waals surface area (Å²) in [7, 11) is 0. The van der Waals surface area contributed by atoms with Crippen molar-refractivity contribution in [1.82, 2.24) is 34.5 Å². The molecule has 0 saturated carbocycles. The van der Waals surface area contributed by atoms with Crippen molar-refractivity contribution in [2.45, 2.75) is 31.7 Å². The van der Waals surface area contributed by atoms with Gasteiger partial charge in [-0.15, -0.1) is 10.2 Å². The number of fused-ring (bicyclic) bond motifs is 1. The summed E-state index contributed by atoms with van der Waals surface area (Å²) in [5.41, 5.74) is -0.00639. The van der Waals surface area contributed by atoms with Crippen molar-refractivity contribution in [1.29, 1.82) is 5.26 Å². The molecule has 0 bridgehead atoms. The third-order valence-electron chi connectivity index (χ3n) is 5.12. The van der Waals surface area contributed by atoms with Crippen LogP contribution in [0.15, 0.2) is 30.9 Å². The van der Waals surface area contributed by atoms with Gasteiger partial charge in [0.2, 0.25) is 0 Å². The molecule has 10 heteroatoms. The first kappa shape index (κ1) is 15.9. The van der Waals surface area contributed by atoms with E-state index in [9.17, 15) is 5.26 Å². The molecule has 1 spiro atoms. The van der Waals surface area contributed by atoms with Gasteiger partial charge in [0.15, 0.2) is 23.2 Å². The van der Waals surface area contributed by atoms with Gasteiger partial charge >= 0.3 is 0 Å². The number of ether oxygens (including phenoxy) is 1. The minimum absolute atomic E-state index is 0.342. The minimum Gasteiger partial charge on any atom is -0.363 e. The van der Waals surface area contributed by atoms with E-state index in [1.807, 2.05) is 16.9 Å². The van der Waals surface area contributed by atoms with Gasteiger partial charge in [0.25, 0.3) is 0 Å². The van der Waals surface area contributed by atoms with Crippen LogP contribution in [0, 0.1) is 11.3 Å². The molecular formula is C17H17N9O. The molecule has 2 aliphatic rings. The van der Waals surface area contributed by atoms with E-state index < -0.39 is 0 Å². The van der Waals surface area contributed by atoms with Crippen LogP contribution in [0.2, 0.25) is 0 Å². The van der Waals surface area contributed by atoms with Gasteiger partial charge < -0.3 is 14.2 Å². The average molecular weight is 363 g/mol. The van der Waals surface area contributed by atoms with Crippen molar-refractivity contribution >= 4 is 5.82 Å². The van der Waals surface area contributed by atoms with E-state index in [0.29, 0.717) is 37.8 Å². The summed E-state index contributed by atoms with van der Waals surface area (Å²) in [6, 6.07) is 4.01. The lowest BCUT2D eigenvalue weighted by atomic mass is 10.0. The van der Waals surface area contributed by atoms with Gasteiger partial charge in [0.05, 0.1) is 13.1 Å². The molecule has 2 aliphatic heterocycles. The smallest absolute Gasteiger partial charge is 0.183 e. The number of hydrogen-bond donors (Lipinski definition) is 0. The summed E-state index contributed by atoms with van der Waals surface area (Å²) in [6.07, 6.45) is 7.65. The van der Waals surface area contributed by atoms with Crippen LogP contribution in [-0.2, 0) is 24.4 Å². The zero-order valence-electron chi connectivity index (χ0n) is 14.6. The highest BCUT2D eigenvalue weighted by atomic mass is 16.5. The fraction of sp³-hybridized carbons (Fsp3) is 0.412. The lowest BCUT2D eigenvalue weighted by Gasteiger charge is -2.34. The molecule has 0 amide bonds. The highest BCUT2D eigenvalue weighted by molar-refractivity contribution is 5.50. The summed E-state index contributed by atoms with van der Waals surface area (Å²) in [5.74, 6) is 2.32. The Labute approximate surface area is 155 Å². The van der Waals surface area contributed by atoms with Crippen LogP contribution >= 0.6 is 0 Å². The average Bonchev–Trinajstić information content (AvgIpc) is 3.44. The molecule has 10 nitrogen and oxygen atoms in total. The van der Waals surface area contributed by atoms with Crippen molar-refractivity contribution in [3.63, 3.8) is 0 Å². The molecule has 1 atom stereocenters. The Balaban J connectivity index is 1.39. The summed E-state index contributed by atoms with van der Waals surface area (Å²) < 4.78 is 10.2. The topological polar surface area (TPSA) is 111 Å². The third kappa shape index (κ3) is 2.72. The molecule has 3 aromatic rings. The number of nitrogens with zero attached hydrogens (tertiary/aromatic N) is 9. The highest BCUT2D eigenvalue weighted by Gasteiger charge is 2.44. The SMILES string of the molecule is N#Cc1nccnc1N1CCC2(C1)Cn1c(nnc1Cn1cccn1)CO2. The molecule has 5 heterocycles. The van der Waals surface area contributed by atoms with Crippen molar-refractivity contribution in [3.8, 4) is 6.07 Å². The highest BCUT2D eigenvalue weighted by Crippen LogP contribution is 2.34. The largest absolute Gasteiger partial charge is 0.363 e. The van der Waals surface area contributed by atoms with Crippen LogP contribution in [0.25, 0.3) is 0 Å². The quantitative estimate of drug-likeness (QED) is 0.656. The molecule has 136 valence electrons. The van der Waals surface area contributed by atoms with Gasteiger partial charge in [0, 0.05) is 31.3 Å². The first-order valence-electron chi connectivity index (χ1n) is 8.75. The monoisotopic (exact) mass is 363 g/mol. The number of rotatable bonds is 3. The van der Waals surface area contributed by atoms with E-state index in [4.69, 9.17) is 4.74 Å². The Hall–Kier alpha value is -3.32. The van der Waals surface area contributed by atoms with Gasteiger partial charge in [-0.25, -0.2) is 9.97 Å². The number of aromatic nitrogens is 7. The second-order valence-corrected chi connectivity index (χ2v) is 6.81. The standard InChI is InChI=1S/C17H17N9O/c18-8-13-16(20-5-4-19-13)24-7-2-17(11-24)12-26-14(9-25-6-1-3-21-25)22-23-15(26)10-27-17/h1,3-6H,2,7,9-12H2. The van der Waals surface area contributed by atoms with Gasteiger partial charge in [-0.05, 0) is 12.5 Å². The first-order chi connectivity index (χ1) is 13.3. The molecule has 27 heavy (non-hydrogen) atoms. The van der Waals surface area contributed by atoms with E-state index in [2.05, 4.69) is 40.8 Å². The van der Waals surface area contributed by atoms with E-state index in [1.165, 1.54) is 6.20 Å². The first-order valence-corrected chi connectivity index (χ1v) is 8.75. The molecule has 0 aromatic carbocycles. The van der Waals surface area contributed by atoms with E-state index in [1.54, 1.807) is 12.4 Å². The normalized spacial score (nSPS) is 21.4. The minimum atomic E-state index is -0.349.